The molecule has 0 saturated carbocycles. The molecule has 36 heavy (non-hydrogen) atoms. The van der Waals surface area contributed by atoms with Crippen molar-refractivity contribution in [3.63, 3.8) is 0 Å². The molecule has 5 rings (SSSR count). The number of aliphatic hydroxyl groups is 1. The minimum Gasteiger partial charge on any atom is -0.508 e. The molecule has 3 aromatic carbocycles. The van der Waals surface area contributed by atoms with Gasteiger partial charge < -0.3 is 15.1 Å². The highest BCUT2D eigenvalue weighted by molar-refractivity contribution is 8.00. The van der Waals surface area contributed by atoms with E-state index < -0.39 is 11.4 Å². The summed E-state index contributed by atoms with van der Waals surface area (Å²) in [4.78, 5) is 19.3. The molecule has 2 heterocycles. The first-order valence-electron chi connectivity index (χ1n) is 11.6. The van der Waals surface area contributed by atoms with Gasteiger partial charge in [-0.3, -0.25) is 9.78 Å². The molecule has 0 spiro atoms. The van der Waals surface area contributed by atoms with Crippen molar-refractivity contribution >= 4 is 23.4 Å². The van der Waals surface area contributed by atoms with Crippen LogP contribution in [-0.2, 0) is 4.79 Å². The van der Waals surface area contributed by atoms with Crippen LogP contribution in [0.5, 0.6) is 5.75 Å². The average molecular weight is 501 g/mol. The molecule has 4 aromatic rings. The summed E-state index contributed by atoms with van der Waals surface area (Å²) in [5.74, 6) is 0.0910. The number of nitrogens with zero attached hydrogens (tertiary/aromatic N) is 2. The van der Waals surface area contributed by atoms with E-state index in [1.54, 1.807) is 35.5 Å². The van der Waals surface area contributed by atoms with Crippen LogP contribution in [0.3, 0.4) is 0 Å². The third-order valence-corrected chi connectivity index (χ3v) is 7.76. The monoisotopic (exact) mass is 500 g/mol. The van der Waals surface area contributed by atoms with Gasteiger partial charge in [0.1, 0.15) is 16.8 Å². The zero-order valence-electron chi connectivity index (χ0n) is 19.6. The third-order valence-electron chi connectivity index (χ3n) is 6.44. The first kappa shape index (κ1) is 24.0. The number of benzene rings is 3. The van der Waals surface area contributed by atoms with Gasteiger partial charge in [-0.15, -0.1) is 11.8 Å². The third kappa shape index (κ3) is 4.72. The summed E-state index contributed by atoms with van der Waals surface area (Å²) in [5, 5.41) is 20.2. The minimum absolute atomic E-state index is 0.0452. The van der Waals surface area contributed by atoms with Crippen molar-refractivity contribution in [1.82, 2.24) is 4.98 Å². The molecule has 0 bridgehead atoms. The number of β-lactam (4-membered cyclic amide) rings is 1. The fraction of sp³-hybridized carbons (Fsp3) is 0.172. The van der Waals surface area contributed by atoms with Gasteiger partial charge in [0.05, 0.1) is 12.1 Å². The number of hydrogen-bond acceptors (Lipinski definition) is 5. The smallest absolute Gasteiger partial charge is 0.243 e. The van der Waals surface area contributed by atoms with Crippen molar-refractivity contribution in [2.24, 2.45) is 0 Å². The number of aryl methyl sites for hydroxylation is 1. The second-order valence-electron chi connectivity index (χ2n) is 8.81. The number of carbonyl (C=O) groups excluding carboxylic acids is 1. The molecule has 3 atom stereocenters. The highest BCUT2D eigenvalue weighted by atomic mass is 32.2. The lowest BCUT2D eigenvalue weighted by Crippen LogP contribution is -2.57. The Morgan fingerprint density at radius 1 is 1.03 bits per heavy atom. The number of aromatic hydroxyl groups is 1. The van der Waals surface area contributed by atoms with Crippen LogP contribution in [0, 0.1) is 12.7 Å². The molecular formula is C29H25FN2O3S. The summed E-state index contributed by atoms with van der Waals surface area (Å²) in [6.45, 7) is 1.83. The van der Waals surface area contributed by atoms with E-state index >= 15 is 0 Å². The molecule has 182 valence electrons. The first-order chi connectivity index (χ1) is 17.4. The number of amides is 1. The predicted molar refractivity (Wildman–Crippen MR) is 140 cm³/mol. The van der Waals surface area contributed by atoms with E-state index in [9.17, 15) is 19.4 Å². The largest absolute Gasteiger partial charge is 0.508 e. The number of rotatable bonds is 7. The normalized spacial score (nSPS) is 18.1. The molecular weight excluding hydrogens is 475 g/mol. The SMILES string of the molecule is Cc1cc([C@@H]2[C@@H](SC[C@@H](O)c3ccc(F)cc3)C(=O)N2c2ccc(-c3cccnc3)cc2)ccc1O. The van der Waals surface area contributed by atoms with Crippen molar-refractivity contribution in [2.75, 3.05) is 10.7 Å². The number of anilines is 1. The van der Waals surface area contributed by atoms with Gasteiger partial charge in [0, 0.05) is 23.8 Å². The summed E-state index contributed by atoms with van der Waals surface area (Å²) >= 11 is 1.38. The van der Waals surface area contributed by atoms with Gasteiger partial charge in [-0.05, 0) is 71.1 Å². The predicted octanol–water partition coefficient (Wildman–Crippen LogP) is 5.83. The average Bonchev–Trinajstić information content (AvgIpc) is 2.90. The zero-order valence-corrected chi connectivity index (χ0v) is 20.4. The Bertz CT molecular complexity index is 1360. The van der Waals surface area contributed by atoms with Crippen LogP contribution < -0.4 is 4.90 Å². The first-order valence-corrected chi connectivity index (χ1v) is 12.7. The molecule has 1 fully saturated rings. The Morgan fingerprint density at radius 2 is 1.78 bits per heavy atom. The Balaban J connectivity index is 1.39. The summed E-state index contributed by atoms with van der Waals surface area (Å²) in [6, 6.07) is 22.5. The van der Waals surface area contributed by atoms with Crippen LogP contribution in [0.15, 0.2) is 91.3 Å². The number of thioether (sulfide) groups is 1. The van der Waals surface area contributed by atoms with Crippen LogP contribution in [0.2, 0.25) is 0 Å². The molecule has 1 aromatic heterocycles. The number of carbonyl (C=O) groups is 1. The summed E-state index contributed by atoms with van der Waals surface area (Å²) in [6.07, 6.45) is 2.70. The topological polar surface area (TPSA) is 73.7 Å². The summed E-state index contributed by atoms with van der Waals surface area (Å²) < 4.78 is 13.2. The molecule has 0 aliphatic carbocycles. The maximum atomic E-state index is 13.4. The molecule has 0 unspecified atom stereocenters. The van der Waals surface area contributed by atoms with Crippen LogP contribution in [-0.4, -0.2) is 32.1 Å². The van der Waals surface area contributed by atoms with Gasteiger partial charge in [0.2, 0.25) is 5.91 Å². The standard InChI is InChI=1S/C29H25FN2O3S/c1-18-15-21(8-13-25(18)33)27-28(36-17-26(34)20-4-9-23(30)10-5-20)29(35)32(27)24-11-6-19(7-12-24)22-3-2-14-31-16-22/h2-16,26-28,33-34H,17H2,1H3/t26-,27-,28-/m1/s1. The lowest BCUT2D eigenvalue weighted by Gasteiger charge is -2.47. The van der Waals surface area contributed by atoms with Crippen LogP contribution in [0.4, 0.5) is 10.1 Å². The fourth-order valence-corrected chi connectivity index (χ4v) is 5.72. The van der Waals surface area contributed by atoms with Crippen molar-refractivity contribution in [1.29, 1.82) is 0 Å². The number of phenolic OH excluding ortho intramolecular Hbond substituents is 1. The molecule has 2 N–H and O–H groups in total. The van der Waals surface area contributed by atoms with Gasteiger partial charge in [0.15, 0.2) is 0 Å². The highest BCUT2D eigenvalue weighted by Gasteiger charge is 2.49. The molecule has 5 nitrogen and oxygen atoms in total. The number of aromatic nitrogens is 1. The number of phenols is 1. The van der Waals surface area contributed by atoms with E-state index in [2.05, 4.69) is 4.98 Å². The second-order valence-corrected chi connectivity index (χ2v) is 9.98. The van der Waals surface area contributed by atoms with E-state index in [1.807, 2.05) is 55.5 Å². The van der Waals surface area contributed by atoms with Gasteiger partial charge in [-0.1, -0.05) is 42.5 Å². The lowest BCUT2D eigenvalue weighted by molar-refractivity contribution is -0.123. The molecule has 1 saturated heterocycles. The zero-order chi connectivity index (χ0) is 25.2. The van der Waals surface area contributed by atoms with E-state index in [0.29, 0.717) is 11.3 Å². The van der Waals surface area contributed by atoms with E-state index in [-0.39, 0.29) is 23.5 Å². The lowest BCUT2D eigenvalue weighted by atomic mass is 9.91. The van der Waals surface area contributed by atoms with E-state index in [1.165, 1.54) is 23.9 Å². The van der Waals surface area contributed by atoms with Crippen molar-refractivity contribution in [3.05, 3.63) is 114 Å². The fourth-order valence-electron chi connectivity index (χ4n) is 4.42. The Labute approximate surface area is 213 Å². The highest BCUT2D eigenvalue weighted by Crippen LogP contribution is 2.46. The maximum Gasteiger partial charge on any atom is 0.243 e. The molecule has 1 amide bonds. The number of aliphatic hydroxyl groups excluding tert-OH is 1. The van der Waals surface area contributed by atoms with E-state index in [0.717, 1.165) is 27.9 Å². The summed E-state index contributed by atoms with van der Waals surface area (Å²) in [7, 11) is 0. The Kier molecular flexibility index (Phi) is 6.76. The van der Waals surface area contributed by atoms with Gasteiger partial charge in [-0.25, -0.2) is 4.39 Å². The molecule has 1 aliphatic rings. The molecule has 0 radical (unpaired) electrons. The summed E-state index contributed by atoms with van der Waals surface area (Å²) in [5.41, 5.74) is 5.02. The number of halogens is 1. The number of hydrogen-bond donors (Lipinski definition) is 2. The van der Waals surface area contributed by atoms with Crippen molar-refractivity contribution in [3.8, 4) is 16.9 Å². The second kappa shape index (κ2) is 10.1. The van der Waals surface area contributed by atoms with Gasteiger partial charge in [0.25, 0.3) is 0 Å². The van der Waals surface area contributed by atoms with Crippen LogP contribution in [0.25, 0.3) is 11.1 Å². The number of pyridine rings is 1. The minimum atomic E-state index is -0.821. The van der Waals surface area contributed by atoms with Crippen molar-refractivity contribution in [2.45, 2.75) is 24.3 Å². The Morgan fingerprint density at radius 3 is 2.44 bits per heavy atom. The quantitative estimate of drug-likeness (QED) is 0.313. The molecule has 7 heteroatoms. The maximum absolute atomic E-state index is 13.4. The van der Waals surface area contributed by atoms with Gasteiger partial charge in [-0.2, -0.15) is 0 Å². The van der Waals surface area contributed by atoms with Crippen molar-refractivity contribution < 1.29 is 19.4 Å². The van der Waals surface area contributed by atoms with E-state index in [4.69, 9.17) is 0 Å². The van der Waals surface area contributed by atoms with Crippen LogP contribution in [0.1, 0.15) is 28.8 Å². The Hall–Kier alpha value is -3.68. The van der Waals surface area contributed by atoms with Crippen LogP contribution >= 0.6 is 11.8 Å². The molecule has 1 aliphatic heterocycles. The van der Waals surface area contributed by atoms with Gasteiger partial charge >= 0.3 is 0 Å².